The second kappa shape index (κ2) is 52.9. The first-order valence-corrected chi connectivity index (χ1v) is 31.3. The number of aliphatic hydroxyl groups is 2. The van der Waals surface area contributed by atoms with Gasteiger partial charge in [-0.15, -0.1) is 0 Å². The second-order valence-electron chi connectivity index (χ2n) is 22.4. The molecule has 0 spiro atoms. The minimum absolute atomic E-state index is 0.00467. The maximum atomic E-state index is 12.5. The topological polar surface area (TPSA) is 93.1 Å². The van der Waals surface area contributed by atoms with Gasteiger partial charge in [-0.25, -0.2) is 0 Å². The molecule has 1 aliphatic heterocycles. The number of carbonyl (C=O) groups excluding carboxylic acids is 2. The average molecular weight is 974 g/mol. The van der Waals surface area contributed by atoms with Crippen LogP contribution in [-0.4, -0.2) is 48.6 Å². The quantitative estimate of drug-likeness (QED) is 0.0358. The van der Waals surface area contributed by atoms with E-state index in [0.717, 1.165) is 19.3 Å². The van der Waals surface area contributed by atoms with Crippen LogP contribution in [0.5, 0.6) is 0 Å². The number of rotatable bonds is 54. The smallest absolute Gasteiger partial charge is 0.309 e. The number of unbranched alkanes of at least 4 members (excludes halogenated alkanes) is 48. The van der Waals surface area contributed by atoms with Crippen molar-refractivity contribution in [2.24, 2.45) is 11.3 Å². The van der Waals surface area contributed by atoms with Crippen LogP contribution in [0.3, 0.4) is 0 Å². The molecule has 408 valence electrons. The van der Waals surface area contributed by atoms with Gasteiger partial charge < -0.3 is 19.7 Å². The van der Waals surface area contributed by atoms with Gasteiger partial charge in [-0.05, 0) is 32.1 Å². The fourth-order valence-corrected chi connectivity index (χ4v) is 10.4. The number of esters is 2. The Hall–Kier alpha value is -1.40. The highest BCUT2D eigenvalue weighted by Gasteiger charge is 2.36. The molecule has 6 heteroatoms. The van der Waals surface area contributed by atoms with Crippen molar-refractivity contribution in [2.75, 3.05) is 26.4 Å². The van der Waals surface area contributed by atoms with Crippen LogP contribution in [0.4, 0.5) is 0 Å². The first kappa shape index (κ1) is 65.6. The van der Waals surface area contributed by atoms with Gasteiger partial charge >= 0.3 is 11.9 Å². The molecule has 0 aromatic heterocycles. The Bertz CT molecular complexity index is 1090. The molecular formula is C63H120O6. The summed E-state index contributed by atoms with van der Waals surface area (Å²) in [5.41, 5.74) is -1.12. The molecule has 1 heterocycles. The highest BCUT2D eigenvalue weighted by atomic mass is 16.6. The summed E-state index contributed by atoms with van der Waals surface area (Å²) < 4.78 is 10.6. The highest BCUT2D eigenvalue weighted by molar-refractivity contribution is 5.80. The SMILES string of the molecule is CCCCCCCCCCCCCCCCCCCCCC/C=C/CCCCCCCCCCCCCCCCCCCCCCCCCCCCCCC1CC(=O)OCC(CO)(CO)COC1=O. The summed E-state index contributed by atoms with van der Waals surface area (Å²) in [6.07, 6.45) is 75.7. The Morgan fingerprint density at radius 2 is 0.623 bits per heavy atom. The molecule has 1 atom stereocenters. The van der Waals surface area contributed by atoms with Crippen LogP contribution >= 0.6 is 0 Å². The number of hydrogen-bond acceptors (Lipinski definition) is 6. The van der Waals surface area contributed by atoms with Gasteiger partial charge in [-0.3, -0.25) is 9.59 Å². The lowest BCUT2D eigenvalue weighted by molar-refractivity contribution is -0.155. The number of aliphatic hydroxyl groups excluding tert-OH is 2. The van der Waals surface area contributed by atoms with E-state index in [1.807, 2.05) is 0 Å². The van der Waals surface area contributed by atoms with Crippen LogP contribution in [0.15, 0.2) is 12.2 Å². The second-order valence-corrected chi connectivity index (χ2v) is 22.4. The third kappa shape index (κ3) is 45.0. The van der Waals surface area contributed by atoms with E-state index in [-0.39, 0.29) is 19.6 Å². The minimum atomic E-state index is -1.12. The van der Waals surface area contributed by atoms with E-state index >= 15 is 0 Å². The van der Waals surface area contributed by atoms with Crippen molar-refractivity contribution in [3.63, 3.8) is 0 Å². The van der Waals surface area contributed by atoms with Gasteiger partial charge in [0.05, 0.1) is 31.0 Å². The average Bonchev–Trinajstić information content (AvgIpc) is 3.41. The van der Waals surface area contributed by atoms with Crippen LogP contribution < -0.4 is 0 Å². The molecule has 1 saturated heterocycles. The maximum Gasteiger partial charge on any atom is 0.309 e. The first-order valence-electron chi connectivity index (χ1n) is 31.3. The Kier molecular flexibility index (Phi) is 50.3. The predicted octanol–water partition coefficient (Wildman–Crippen LogP) is 19.5. The Morgan fingerprint density at radius 1 is 0.377 bits per heavy atom. The fraction of sp³-hybridized carbons (Fsp3) is 0.937. The van der Waals surface area contributed by atoms with Crippen LogP contribution in [0.25, 0.3) is 0 Å². The molecular weight excluding hydrogens is 853 g/mol. The largest absolute Gasteiger partial charge is 0.465 e. The summed E-state index contributed by atoms with van der Waals surface area (Å²) in [4.78, 5) is 24.7. The molecule has 0 amide bonds. The summed E-state index contributed by atoms with van der Waals surface area (Å²) in [6.45, 7) is 1.21. The van der Waals surface area contributed by atoms with Crippen molar-refractivity contribution >= 4 is 11.9 Å². The van der Waals surface area contributed by atoms with E-state index in [4.69, 9.17) is 9.47 Å². The maximum absolute atomic E-state index is 12.5. The molecule has 1 aliphatic rings. The molecule has 1 fully saturated rings. The molecule has 1 rings (SSSR count). The number of allylic oxidation sites excluding steroid dienone is 2. The summed E-state index contributed by atoms with van der Waals surface area (Å²) in [7, 11) is 0. The zero-order chi connectivity index (χ0) is 49.7. The van der Waals surface area contributed by atoms with Crippen molar-refractivity contribution in [3.05, 3.63) is 12.2 Å². The lowest BCUT2D eigenvalue weighted by Gasteiger charge is -2.27. The number of ether oxygens (including phenoxy) is 2. The van der Waals surface area contributed by atoms with Gasteiger partial charge in [0.2, 0.25) is 0 Å². The van der Waals surface area contributed by atoms with Crippen molar-refractivity contribution < 1.29 is 29.3 Å². The minimum Gasteiger partial charge on any atom is -0.465 e. The van der Waals surface area contributed by atoms with E-state index < -0.39 is 36.5 Å². The van der Waals surface area contributed by atoms with Gasteiger partial charge in [-0.1, -0.05) is 314 Å². The van der Waals surface area contributed by atoms with E-state index in [2.05, 4.69) is 19.1 Å². The molecule has 69 heavy (non-hydrogen) atoms. The number of carbonyl (C=O) groups is 2. The molecule has 1 unspecified atom stereocenters. The van der Waals surface area contributed by atoms with Gasteiger partial charge in [0.25, 0.3) is 0 Å². The van der Waals surface area contributed by atoms with E-state index in [0.29, 0.717) is 6.42 Å². The summed E-state index contributed by atoms with van der Waals surface area (Å²) in [5, 5.41) is 19.2. The molecule has 0 aromatic rings. The summed E-state index contributed by atoms with van der Waals surface area (Å²) >= 11 is 0. The van der Waals surface area contributed by atoms with Gasteiger partial charge in [0, 0.05) is 0 Å². The Morgan fingerprint density at radius 3 is 0.899 bits per heavy atom. The Balaban J connectivity index is 1.69. The van der Waals surface area contributed by atoms with Crippen LogP contribution in [-0.2, 0) is 19.1 Å². The van der Waals surface area contributed by atoms with Crippen molar-refractivity contribution in [3.8, 4) is 0 Å². The molecule has 0 bridgehead atoms. The monoisotopic (exact) mass is 973 g/mol. The Labute approximate surface area is 430 Å². The van der Waals surface area contributed by atoms with Gasteiger partial charge in [-0.2, -0.15) is 0 Å². The lowest BCUT2D eigenvalue weighted by Crippen LogP contribution is -2.40. The third-order valence-corrected chi connectivity index (χ3v) is 15.5. The normalized spacial score (nSPS) is 15.4. The van der Waals surface area contributed by atoms with E-state index in [1.54, 1.807) is 0 Å². The van der Waals surface area contributed by atoms with E-state index in [1.165, 1.54) is 302 Å². The fourth-order valence-electron chi connectivity index (χ4n) is 10.4. The zero-order valence-electron chi connectivity index (χ0n) is 46.4. The molecule has 2 N–H and O–H groups in total. The van der Waals surface area contributed by atoms with Crippen molar-refractivity contribution in [1.29, 1.82) is 0 Å². The number of hydrogen-bond donors (Lipinski definition) is 2. The van der Waals surface area contributed by atoms with Crippen molar-refractivity contribution in [1.82, 2.24) is 0 Å². The van der Waals surface area contributed by atoms with Crippen LogP contribution in [0.2, 0.25) is 0 Å². The predicted molar refractivity (Wildman–Crippen MR) is 297 cm³/mol. The zero-order valence-corrected chi connectivity index (χ0v) is 46.4. The van der Waals surface area contributed by atoms with Gasteiger partial charge in [0.1, 0.15) is 13.2 Å². The highest BCUT2D eigenvalue weighted by Crippen LogP contribution is 2.25. The molecule has 0 aliphatic carbocycles. The summed E-state index contributed by atoms with van der Waals surface area (Å²) in [6, 6.07) is 0. The first-order chi connectivity index (χ1) is 34.1. The summed E-state index contributed by atoms with van der Waals surface area (Å²) in [5.74, 6) is -1.40. The van der Waals surface area contributed by atoms with Crippen molar-refractivity contribution in [2.45, 2.75) is 341 Å². The molecule has 0 aromatic carbocycles. The third-order valence-electron chi connectivity index (χ3n) is 15.5. The van der Waals surface area contributed by atoms with E-state index in [9.17, 15) is 19.8 Å². The standard InChI is InChI=1S/C63H120O6/c1-2-3-4-5-6-7-8-9-10-11-12-13-14-15-16-17-18-19-20-21-22-23-24-25-26-27-28-29-30-31-32-33-34-35-36-37-38-39-40-41-42-43-44-45-46-47-48-49-50-51-52-53-54-60-55-61(66)68-58-63(56-64,57-65)59-69-62(60)67/h23-24,60,64-65H,2-22,25-59H2,1H3/b24-23+. The molecule has 0 saturated carbocycles. The number of cyclic esters (lactones) is 2. The van der Waals surface area contributed by atoms with Crippen LogP contribution in [0.1, 0.15) is 341 Å². The lowest BCUT2D eigenvalue weighted by atomic mass is 9.92. The van der Waals surface area contributed by atoms with Gasteiger partial charge in [0.15, 0.2) is 0 Å². The van der Waals surface area contributed by atoms with Crippen LogP contribution in [0, 0.1) is 11.3 Å². The molecule has 6 nitrogen and oxygen atoms in total. The molecule has 0 radical (unpaired) electrons.